The average Bonchev–Trinajstić information content (AvgIpc) is 3.40. The fourth-order valence-corrected chi connectivity index (χ4v) is 3.99. The summed E-state index contributed by atoms with van der Waals surface area (Å²) in [5.74, 6) is 1.47. The van der Waals surface area contributed by atoms with Gasteiger partial charge in [-0.1, -0.05) is 30.3 Å². The van der Waals surface area contributed by atoms with Crippen LogP contribution in [0.5, 0.6) is 5.75 Å². The highest BCUT2D eigenvalue weighted by Gasteiger charge is 2.19. The highest BCUT2D eigenvalue weighted by molar-refractivity contribution is 5.84. The molecule has 0 radical (unpaired) electrons. The summed E-state index contributed by atoms with van der Waals surface area (Å²) >= 11 is 0. The van der Waals surface area contributed by atoms with Crippen molar-refractivity contribution < 1.29 is 9.15 Å². The second-order valence-electron chi connectivity index (χ2n) is 7.83. The van der Waals surface area contributed by atoms with Crippen molar-refractivity contribution in [1.29, 1.82) is 5.26 Å². The zero-order valence-corrected chi connectivity index (χ0v) is 17.9. The van der Waals surface area contributed by atoms with Crippen molar-refractivity contribution >= 4 is 16.6 Å². The third kappa shape index (κ3) is 3.70. The topological polar surface area (TPSA) is 66.7 Å². The Balaban J connectivity index is 1.59. The molecule has 0 N–H and O–H groups in total. The fourth-order valence-electron chi connectivity index (χ4n) is 3.99. The van der Waals surface area contributed by atoms with Gasteiger partial charge >= 0.3 is 0 Å². The van der Waals surface area contributed by atoms with E-state index in [0.29, 0.717) is 17.9 Å². The van der Waals surface area contributed by atoms with Crippen molar-refractivity contribution in [2.45, 2.75) is 13.1 Å². The van der Waals surface area contributed by atoms with Crippen molar-refractivity contribution in [3.63, 3.8) is 0 Å². The minimum Gasteiger partial charge on any atom is -0.497 e. The third-order valence-corrected chi connectivity index (χ3v) is 5.53. The smallest absolute Gasteiger partial charge is 0.155 e. The molecule has 0 aliphatic rings. The summed E-state index contributed by atoms with van der Waals surface area (Å²) in [6.07, 6.45) is 1.90. The number of ether oxygens (including phenoxy) is 1. The Hall–Kier alpha value is -4.08. The largest absolute Gasteiger partial charge is 0.497 e. The van der Waals surface area contributed by atoms with E-state index in [1.807, 2.05) is 47.0 Å². The summed E-state index contributed by atoms with van der Waals surface area (Å²) in [7, 11) is 3.74. The van der Waals surface area contributed by atoms with Crippen LogP contribution in [0, 0.1) is 11.3 Å². The van der Waals surface area contributed by atoms with Crippen LogP contribution in [-0.4, -0.2) is 28.4 Å². The second kappa shape index (κ2) is 8.22. The maximum absolute atomic E-state index is 9.32. The van der Waals surface area contributed by atoms with Crippen LogP contribution in [0.25, 0.3) is 28.1 Å². The van der Waals surface area contributed by atoms with Gasteiger partial charge in [0.2, 0.25) is 0 Å². The Morgan fingerprint density at radius 2 is 1.91 bits per heavy atom. The van der Waals surface area contributed by atoms with E-state index in [4.69, 9.17) is 14.1 Å². The van der Waals surface area contributed by atoms with Gasteiger partial charge in [-0.3, -0.25) is 4.90 Å². The van der Waals surface area contributed by atoms with Crippen LogP contribution in [0.1, 0.15) is 16.8 Å². The van der Waals surface area contributed by atoms with Gasteiger partial charge in [0.15, 0.2) is 5.76 Å². The number of nitrogens with zero attached hydrogens (tertiary/aromatic N) is 4. The molecule has 2 aromatic carbocycles. The second-order valence-corrected chi connectivity index (χ2v) is 7.83. The molecule has 0 unspecified atom stereocenters. The lowest BCUT2D eigenvalue weighted by Crippen LogP contribution is -2.18. The van der Waals surface area contributed by atoms with Crippen LogP contribution in [0.15, 0.2) is 77.3 Å². The molecule has 0 saturated carbocycles. The number of pyridine rings is 1. The Kier molecular flexibility index (Phi) is 5.10. The van der Waals surface area contributed by atoms with Crippen molar-refractivity contribution in [2.75, 3.05) is 14.2 Å². The summed E-state index contributed by atoms with van der Waals surface area (Å²) in [6.45, 7) is 1.47. The molecule has 6 heteroatoms. The van der Waals surface area contributed by atoms with Gasteiger partial charge in [0.25, 0.3) is 0 Å². The summed E-state index contributed by atoms with van der Waals surface area (Å²) in [6, 6.07) is 23.9. The van der Waals surface area contributed by atoms with Gasteiger partial charge in [-0.25, -0.2) is 4.98 Å². The van der Waals surface area contributed by atoms with Crippen LogP contribution in [-0.2, 0) is 13.1 Å². The van der Waals surface area contributed by atoms with Gasteiger partial charge in [0.1, 0.15) is 22.7 Å². The maximum atomic E-state index is 9.32. The van der Waals surface area contributed by atoms with Crippen molar-refractivity contribution in [2.24, 2.45) is 0 Å². The minimum atomic E-state index is 0.576. The number of imidazole rings is 1. The lowest BCUT2D eigenvalue weighted by atomic mass is 10.2. The molecule has 0 bridgehead atoms. The van der Waals surface area contributed by atoms with E-state index >= 15 is 0 Å². The molecule has 0 aliphatic carbocycles. The monoisotopic (exact) mass is 422 g/mol. The van der Waals surface area contributed by atoms with Gasteiger partial charge in [-0.05, 0) is 49.0 Å². The van der Waals surface area contributed by atoms with Crippen LogP contribution >= 0.6 is 0 Å². The molecular weight excluding hydrogens is 400 g/mol. The van der Waals surface area contributed by atoms with Gasteiger partial charge in [0.05, 0.1) is 24.4 Å². The van der Waals surface area contributed by atoms with E-state index in [1.165, 1.54) is 5.56 Å². The number of furan rings is 1. The Morgan fingerprint density at radius 1 is 1.06 bits per heavy atom. The summed E-state index contributed by atoms with van der Waals surface area (Å²) in [4.78, 5) is 7.09. The van der Waals surface area contributed by atoms with Crippen molar-refractivity contribution in [1.82, 2.24) is 14.3 Å². The molecule has 3 heterocycles. The van der Waals surface area contributed by atoms with E-state index in [9.17, 15) is 5.26 Å². The molecular formula is C26H22N4O2. The Bertz CT molecular complexity index is 1440. The first-order chi connectivity index (χ1) is 15.6. The summed E-state index contributed by atoms with van der Waals surface area (Å²) < 4.78 is 13.5. The first kappa shape index (κ1) is 19.9. The SMILES string of the molecule is COc1ccc2oc(-c3nc4cc(C#N)ccn4c3CN(C)Cc3ccccc3)cc2c1. The van der Waals surface area contributed by atoms with Crippen LogP contribution in [0.2, 0.25) is 0 Å². The molecule has 5 rings (SSSR count). The normalized spacial score (nSPS) is 11.3. The number of hydrogen-bond acceptors (Lipinski definition) is 5. The van der Waals surface area contributed by atoms with E-state index in [1.54, 1.807) is 13.2 Å². The number of rotatable bonds is 6. The zero-order valence-electron chi connectivity index (χ0n) is 17.9. The van der Waals surface area contributed by atoms with Gasteiger partial charge < -0.3 is 13.6 Å². The lowest BCUT2D eigenvalue weighted by molar-refractivity contribution is 0.314. The van der Waals surface area contributed by atoms with Crippen molar-refractivity contribution in [3.05, 3.63) is 89.7 Å². The number of hydrogen-bond donors (Lipinski definition) is 0. The number of aromatic nitrogens is 2. The average molecular weight is 422 g/mol. The Morgan fingerprint density at radius 3 is 2.69 bits per heavy atom. The quantitative estimate of drug-likeness (QED) is 0.373. The van der Waals surface area contributed by atoms with E-state index in [-0.39, 0.29) is 0 Å². The van der Waals surface area contributed by atoms with Crippen molar-refractivity contribution in [3.8, 4) is 23.3 Å². The summed E-state index contributed by atoms with van der Waals surface area (Å²) in [5, 5.41) is 10.3. The standard InChI is InChI=1S/C26H22N4O2/c1-29(16-18-6-4-3-5-7-18)17-22-26(28-25-12-19(15-27)10-11-30(22)25)24-14-20-13-21(31-2)8-9-23(20)32-24/h3-14H,16-17H2,1-2H3. The molecule has 158 valence electrons. The number of benzene rings is 2. The first-order valence-electron chi connectivity index (χ1n) is 10.4. The van der Waals surface area contributed by atoms with Crippen LogP contribution < -0.4 is 4.74 Å². The molecule has 3 aromatic heterocycles. The molecule has 0 aliphatic heterocycles. The van der Waals surface area contributed by atoms with Gasteiger partial charge in [-0.15, -0.1) is 0 Å². The van der Waals surface area contributed by atoms with Crippen LogP contribution in [0.4, 0.5) is 0 Å². The zero-order chi connectivity index (χ0) is 22.1. The molecule has 32 heavy (non-hydrogen) atoms. The fraction of sp³-hybridized carbons (Fsp3) is 0.154. The predicted octanol–water partition coefficient (Wildman–Crippen LogP) is 5.26. The minimum absolute atomic E-state index is 0.576. The van der Waals surface area contributed by atoms with Crippen LogP contribution in [0.3, 0.4) is 0 Å². The number of methoxy groups -OCH3 is 1. The highest BCUT2D eigenvalue weighted by Crippen LogP contribution is 2.33. The molecule has 0 spiro atoms. The van der Waals surface area contributed by atoms with E-state index in [0.717, 1.165) is 40.3 Å². The lowest BCUT2D eigenvalue weighted by Gasteiger charge is -2.17. The highest BCUT2D eigenvalue weighted by atomic mass is 16.5. The summed E-state index contributed by atoms with van der Waals surface area (Å²) in [5.41, 5.74) is 5.10. The first-order valence-corrected chi connectivity index (χ1v) is 10.4. The van der Waals surface area contributed by atoms with E-state index in [2.05, 4.69) is 42.3 Å². The molecule has 0 saturated heterocycles. The van der Waals surface area contributed by atoms with E-state index < -0.39 is 0 Å². The molecule has 6 nitrogen and oxygen atoms in total. The Labute approximate surface area is 185 Å². The third-order valence-electron chi connectivity index (χ3n) is 5.53. The van der Waals surface area contributed by atoms with Gasteiger partial charge in [-0.2, -0.15) is 5.26 Å². The molecule has 0 atom stereocenters. The molecule has 5 aromatic rings. The molecule has 0 fully saturated rings. The maximum Gasteiger partial charge on any atom is 0.155 e. The van der Waals surface area contributed by atoms with Gasteiger partial charge in [0, 0.05) is 24.7 Å². The molecule has 0 amide bonds. The predicted molar refractivity (Wildman–Crippen MR) is 123 cm³/mol. The number of fused-ring (bicyclic) bond motifs is 2. The number of nitriles is 1.